The van der Waals surface area contributed by atoms with E-state index in [0.29, 0.717) is 22.5 Å². The summed E-state index contributed by atoms with van der Waals surface area (Å²) in [4.78, 5) is 20.3. The van der Waals surface area contributed by atoms with E-state index in [1.54, 1.807) is 6.07 Å². The van der Waals surface area contributed by atoms with Crippen LogP contribution >= 0.6 is 11.3 Å². The maximum atomic E-state index is 12.4. The van der Waals surface area contributed by atoms with Gasteiger partial charge in [-0.1, -0.05) is 11.3 Å². The molecule has 0 saturated heterocycles. The second kappa shape index (κ2) is 4.86. The fraction of sp³-hybridized carbons (Fsp3) is 0.375. The van der Waals surface area contributed by atoms with Crippen LogP contribution in [-0.4, -0.2) is 26.1 Å². The zero-order chi connectivity index (χ0) is 15.4. The van der Waals surface area contributed by atoms with Crippen molar-refractivity contribution >= 4 is 33.4 Å². The van der Waals surface area contributed by atoms with Gasteiger partial charge in [0.2, 0.25) is 5.13 Å². The average molecular weight is 325 g/mol. The quantitative estimate of drug-likeness (QED) is 0.770. The Morgan fingerprint density at radius 2 is 2.00 bits per heavy atom. The molecule has 0 spiro atoms. The highest BCUT2D eigenvalue weighted by molar-refractivity contribution is 7.15. The Balaban J connectivity index is 1.38. The molecule has 23 heavy (non-hydrogen) atoms. The molecule has 2 aromatic heterocycles. The van der Waals surface area contributed by atoms with Crippen LogP contribution in [-0.2, 0) is 0 Å². The van der Waals surface area contributed by atoms with Crippen molar-refractivity contribution in [3.05, 3.63) is 34.6 Å². The molecule has 2 aliphatic carbocycles. The molecule has 0 unspecified atom stereocenters. The fourth-order valence-electron chi connectivity index (χ4n) is 2.67. The Morgan fingerprint density at radius 3 is 2.78 bits per heavy atom. The number of fused-ring (bicyclic) bond motifs is 1. The van der Waals surface area contributed by atoms with Crippen LogP contribution in [0.15, 0.2) is 18.2 Å². The Bertz CT molecular complexity index is 906. The fourth-order valence-corrected chi connectivity index (χ4v) is 3.58. The van der Waals surface area contributed by atoms with Gasteiger partial charge < -0.3 is 4.98 Å². The van der Waals surface area contributed by atoms with Gasteiger partial charge in [0.05, 0.1) is 11.0 Å². The molecular formula is C16H15N5OS. The minimum absolute atomic E-state index is 0.159. The Hall–Kier alpha value is -2.28. The Kier molecular flexibility index (Phi) is 2.78. The summed E-state index contributed by atoms with van der Waals surface area (Å²) in [5.41, 5.74) is 2.43. The van der Waals surface area contributed by atoms with Crippen LogP contribution in [0.4, 0.5) is 5.13 Å². The molecule has 0 atom stereocenters. The van der Waals surface area contributed by atoms with Crippen molar-refractivity contribution < 1.29 is 4.79 Å². The lowest BCUT2D eigenvalue weighted by Gasteiger charge is -2.00. The summed E-state index contributed by atoms with van der Waals surface area (Å²) < 4.78 is 0. The summed E-state index contributed by atoms with van der Waals surface area (Å²) in [5.74, 6) is 2.01. The van der Waals surface area contributed by atoms with Crippen LogP contribution in [0.25, 0.3) is 11.0 Å². The number of aromatic amines is 1. The summed E-state index contributed by atoms with van der Waals surface area (Å²) in [6.45, 7) is 0. The first kappa shape index (κ1) is 13.2. The maximum Gasteiger partial charge on any atom is 0.257 e. The summed E-state index contributed by atoms with van der Waals surface area (Å²) in [7, 11) is 0. The number of hydrogen-bond donors (Lipinski definition) is 2. The number of amides is 1. The van der Waals surface area contributed by atoms with Gasteiger partial charge in [0.25, 0.3) is 5.91 Å². The van der Waals surface area contributed by atoms with E-state index in [9.17, 15) is 4.79 Å². The highest BCUT2D eigenvalue weighted by atomic mass is 32.1. The van der Waals surface area contributed by atoms with Crippen LogP contribution < -0.4 is 5.32 Å². The van der Waals surface area contributed by atoms with Gasteiger partial charge in [-0.25, -0.2) is 4.98 Å². The molecule has 3 aromatic rings. The molecule has 0 bridgehead atoms. The van der Waals surface area contributed by atoms with Crippen molar-refractivity contribution in [1.29, 1.82) is 0 Å². The summed E-state index contributed by atoms with van der Waals surface area (Å²) >= 11 is 1.47. The molecule has 0 radical (unpaired) electrons. The van der Waals surface area contributed by atoms with Gasteiger partial charge in [0.1, 0.15) is 10.8 Å². The van der Waals surface area contributed by atoms with Gasteiger partial charge in [0.15, 0.2) is 0 Å². The third-order valence-electron chi connectivity index (χ3n) is 4.31. The van der Waals surface area contributed by atoms with E-state index in [2.05, 4.69) is 25.5 Å². The number of aromatic nitrogens is 4. The van der Waals surface area contributed by atoms with E-state index in [-0.39, 0.29) is 5.91 Å². The normalized spacial score (nSPS) is 17.6. The van der Waals surface area contributed by atoms with Crippen molar-refractivity contribution in [2.75, 3.05) is 5.32 Å². The minimum atomic E-state index is -0.159. The van der Waals surface area contributed by atoms with Crippen molar-refractivity contribution in [2.24, 2.45) is 0 Å². The predicted octanol–water partition coefficient (Wildman–Crippen LogP) is 3.42. The van der Waals surface area contributed by atoms with Crippen molar-refractivity contribution in [3.63, 3.8) is 0 Å². The lowest BCUT2D eigenvalue weighted by Crippen LogP contribution is -2.11. The molecule has 116 valence electrons. The second-order valence-corrected chi connectivity index (χ2v) is 7.31. The number of carbonyl (C=O) groups excluding carboxylic acids is 1. The topological polar surface area (TPSA) is 83.6 Å². The third kappa shape index (κ3) is 2.50. The van der Waals surface area contributed by atoms with Crippen molar-refractivity contribution in [3.8, 4) is 0 Å². The maximum absolute atomic E-state index is 12.4. The van der Waals surface area contributed by atoms with Gasteiger partial charge in [-0.2, -0.15) is 0 Å². The Labute approximate surface area is 136 Å². The van der Waals surface area contributed by atoms with Gasteiger partial charge in [0, 0.05) is 17.4 Å². The minimum Gasteiger partial charge on any atom is -0.342 e. The number of rotatable bonds is 4. The molecule has 2 fully saturated rings. The molecule has 1 amide bonds. The number of nitrogens with zero attached hydrogens (tertiary/aromatic N) is 3. The SMILES string of the molecule is O=C(Nc1nnc(C2CC2)s1)c1ccc2nc(C3CC3)[nH]c2c1. The van der Waals surface area contributed by atoms with Crippen LogP contribution in [0.1, 0.15) is 58.7 Å². The van der Waals surface area contributed by atoms with Crippen LogP contribution in [0.3, 0.4) is 0 Å². The van der Waals surface area contributed by atoms with E-state index in [4.69, 9.17) is 0 Å². The molecule has 2 N–H and O–H groups in total. The van der Waals surface area contributed by atoms with Crippen LogP contribution in [0, 0.1) is 0 Å². The summed E-state index contributed by atoms with van der Waals surface area (Å²) in [6.07, 6.45) is 4.77. The third-order valence-corrected chi connectivity index (χ3v) is 5.32. The van der Waals surface area contributed by atoms with Crippen molar-refractivity contribution in [2.45, 2.75) is 37.5 Å². The highest BCUT2D eigenvalue weighted by Gasteiger charge is 2.28. The first-order valence-electron chi connectivity index (χ1n) is 7.91. The van der Waals surface area contributed by atoms with E-state index in [1.165, 1.54) is 37.0 Å². The largest absolute Gasteiger partial charge is 0.342 e. The van der Waals surface area contributed by atoms with Gasteiger partial charge in [-0.05, 0) is 43.9 Å². The highest BCUT2D eigenvalue weighted by Crippen LogP contribution is 2.42. The number of H-pyrrole nitrogens is 1. The monoisotopic (exact) mass is 325 g/mol. The first-order chi connectivity index (χ1) is 11.3. The first-order valence-corrected chi connectivity index (χ1v) is 8.72. The molecule has 1 aromatic carbocycles. The number of anilines is 1. The van der Waals surface area contributed by atoms with Gasteiger partial charge in [-0.15, -0.1) is 10.2 Å². The number of carbonyl (C=O) groups is 1. The molecule has 2 aliphatic rings. The number of hydrogen-bond acceptors (Lipinski definition) is 5. The van der Waals surface area contributed by atoms with Gasteiger partial charge in [-0.3, -0.25) is 10.1 Å². The van der Waals surface area contributed by atoms with E-state index < -0.39 is 0 Å². The second-order valence-electron chi connectivity index (χ2n) is 6.30. The molecular weight excluding hydrogens is 310 g/mol. The standard InChI is InChI=1S/C16H15N5OS/c22-14(19-16-21-20-15(23-16)9-3-4-9)10-5-6-11-12(7-10)18-13(17-11)8-1-2-8/h5-9H,1-4H2,(H,17,18)(H,19,21,22). The number of imidazole rings is 1. The summed E-state index contributed by atoms with van der Waals surface area (Å²) in [6, 6.07) is 5.55. The van der Waals surface area contributed by atoms with Crippen molar-refractivity contribution in [1.82, 2.24) is 20.2 Å². The van der Waals surface area contributed by atoms with E-state index in [0.717, 1.165) is 21.9 Å². The molecule has 2 heterocycles. The molecule has 6 nitrogen and oxygen atoms in total. The zero-order valence-corrected chi connectivity index (χ0v) is 13.2. The zero-order valence-electron chi connectivity index (χ0n) is 12.4. The molecule has 2 saturated carbocycles. The molecule has 0 aliphatic heterocycles. The van der Waals surface area contributed by atoms with Gasteiger partial charge >= 0.3 is 0 Å². The van der Waals surface area contributed by atoms with Crippen LogP contribution in [0.5, 0.6) is 0 Å². The number of nitrogens with one attached hydrogen (secondary N) is 2. The van der Waals surface area contributed by atoms with Crippen LogP contribution in [0.2, 0.25) is 0 Å². The summed E-state index contributed by atoms with van der Waals surface area (Å²) in [5, 5.41) is 12.6. The van der Waals surface area contributed by atoms with E-state index >= 15 is 0 Å². The lowest BCUT2D eigenvalue weighted by atomic mass is 10.2. The average Bonchev–Trinajstić information content (AvgIpc) is 3.48. The molecule has 5 rings (SSSR count). The lowest BCUT2D eigenvalue weighted by molar-refractivity contribution is 0.102. The molecule has 7 heteroatoms. The Morgan fingerprint density at radius 1 is 1.17 bits per heavy atom. The predicted molar refractivity (Wildman–Crippen MR) is 87.9 cm³/mol. The van der Waals surface area contributed by atoms with E-state index in [1.807, 2.05) is 12.1 Å². The smallest absolute Gasteiger partial charge is 0.257 e. The number of benzene rings is 1.